The summed E-state index contributed by atoms with van der Waals surface area (Å²) in [6.45, 7) is 1.77. The van der Waals surface area contributed by atoms with Gasteiger partial charge in [-0.15, -0.1) is 0 Å². The van der Waals surface area contributed by atoms with Crippen molar-refractivity contribution in [1.82, 2.24) is 4.72 Å². The van der Waals surface area contributed by atoms with Crippen LogP contribution in [0.25, 0.3) is 0 Å². The molecule has 0 saturated carbocycles. The van der Waals surface area contributed by atoms with Crippen molar-refractivity contribution >= 4 is 10.9 Å². The smallest absolute Gasteiger partial charge is 0.215 e. The van der Waals surface area contributed by atoms with Crippen LogP contribution in [0.4, 0.5) is 30.7 Å². The first kappa shape index (κ1) is 18.4. The predicted molar refractivity (Wildman–Crippen MR) is 52.7 cm³/mol. The second kappa shape index (κ2) is 5.43. The molecule has 0 aromatic heterocycles. The highest BCUT2D eigenvalue weighted by Crippen LogP contribution is 2.52. The zero-order valence-electron chi connectivity index (χ0n) is 9.82. The second-order valence-electron chi connectivity index (χ2n) is 3.80. The van der Waals surface area contributed by atoms with E-state index in [0.717, 1.165) is 18.6 Å². The van der Waals surface area contributed by atoms with Crippen LogP contribution in [0.15, 0.2) is 0 Å². The molecule has 0 radical (unpaired) electrons. The third kappa shape index (κ3) is 2.96. The van der Waals surface area contributed by atoms with E-state index in [1.807, 2.05) is 0 Å². The highest BCUT2D eigenvalue weighted by molar-refractivity contribution is 7.70. The SMILES string of the molecule is CCC(CC)(N[SH](=O)=O)C(F)(F)C(F)(F)C(F)(F)F. The molecule has 0 heterocycles. The van der Waals surface area contributed by atoms with Gasteiger partial charge in [0, 0.05) is 0 Å². The fourth-order valence-electron chi connectivity index (χ4n) is 1.58. The Kier molecular flexibility index (Phi) is 5.26. The van der Waals surface area contributed by atoms with E-state index in [2.05, 4.69) is 0 Å². The minimum Gasteiger partial charge on any atom is -0.215 e. The van der Waals surface area contributed by atoms with Crippen molar-refractivity contribution < 1.29 is 39.2 Å². The number of hydrogen-bond acceptors (Lipinski definition) is 2. The Morgan fingerprint density at radius 2 is 1.21 bits per heavy atom. The maximum Gasteiger partial charge on any atom is 0.459 e. The lowest BCUT2D eigenvalue weighted by atomic mass is 9.83. The molecule has 0 aliphatic carbocycles. The fourth-order valence-corrected chi connectivity index (χ4v) is 2.38. The zero-order valence-corrected chi connectivity index (χ0v) is 10.7. The molecule has 0 atom stereocenters. The zero-order chi connectivity index (χ0) is 15.7. The van der Waals surface area contributed by atoms with Gasteiger partial charge in [0.1, 0.15) is 5.54 Å². The Labute approximate surface area is 106 Å². The van der Waals surface area contributed by atoms with E-state index in [1.54, 1.807) is 0 Å². The highest BCUT2D eigenvalue weighted by atomic mass is 32.2. The first-order chi connectivity index (χ1) is 8.29. The molecule has 0 aliphatic rings. The Morgan fingerprint density at radius 3 is 1.42 bits per heavy atom. The van der Waals surface area contributed by atoms with E-state index in [0.29, 0.717) is 0 Å². The van der Waals surface area contributed by atoms with Gasteiger partial charge in [0.25, 0.3) is 0 Å². The van der Waals surface area contributed by atoms with Crippen LogP contribution in [0.1, 0.15) is 26.7 Å². The summed E-state index contributed by atoms with van der Waals surface area (Å²) < 4.78 is 111. The molecule has 0 bridgehead atoms. The summed E-state index contributed by atoms with van der Waals surface area (Å²) in [4.78, 5) is 0. The number of halogens is 7. The Bertz CT molecular complexity index is 379. The Balaban J connectivity index is 5.93. The van der Waals surface area contributed by atoms with Crippen LogP contribution in [0.3, 0.4) is 0 Å². The van der Waals surface area contributed by atoms with Crippen LogP contribution in [0, 0.1) is 0 Å². The Hall–Kier alpha value is -0.580. The van der Waals surface area contributed by atoms with Crippen molar-refractivity contribution in [2.24, 2.45) is 0 Å². The Morgan fingerprint density at radius 1 is 0.842 bits per heavy atom. The van der Waals surface area contributed by atoms with Crippen molar-refractivity contribution in [2.45, 2.75) is 50.2 Å². The molecule has 11 heteroatoms. The molecule has 0 saturated heterocycles. The van der Waals surface area contributed by atoms with Gasteiger partial charge in [-0.3, -0.25) is 0 Å². The van der Waals surface area contributed by atoms with Gasteiger partial charge in [-0.25, -0.2) is 13.1 Å². The van der Waals surface area contributed by atoms with Crippen LogP contribution in [0.5, 0.6) is 0 Å². The van der Waals surface area contributed by atoms with E-state index < -0.39 is 47.3 Å². The highest BCUT2D eigenvalue weighted by Gasteiger charge is 2.78. The van der Waals surface area contributed by atoms with Gasteiger partial charge in [-0.1, -0.05) is 13.8 Å². The number of nitrogens with one attached hydrogen (secondary N) is 1. The maximum atomic E-state index is 13.6. The summed E-state index contributed by atoms with van der Waals surface area (Å²) in [5.74, 6) is -12.0. The van der Waals surface area contributed by atoms with Gasteiger partial charge < -0.3 is 0 Å². The quantitative estimate of drug-likeness (QED) is 0.584. The number of hydrogen-bond donors (Lipinski definition) is 2. The van der Waals surface area contributed by atoms with Gasteiger partial charge in [-0.2, -0.15) is 30.7 Å². The van der Waals surface area contributed by atoms with Crippen molar-refractivity contribution in [2.75, 3.05) is 0 Å². The van der Waals surface area contributed by atoms with E-state index in [1.165, 1.54) is 0 Å². The second-order valence-corrected chi connectivity index (χ2v) is 4.54. The van der Waals surface area contributed by atoms with Crippen molar-refractivity contribution in [1.29, 1.82) is 0 Å². The molecular weight excluding hydrogens is 307 g/mol. The average molecular weight is 319 g/mol. The maximum absolute atomic E-state index is 13.6. The molecule has 0 amide bonds. The van der Waals surface area contributed by atoms with E-state index in [9.17, 15) is 39.2 Å². The summed E-state index contributed by atoms with van der Waals surface area (Å²) in [6.07, 6.45) is -8.38. The number of rotatable bonds is 6. The monoisotopic (exact) mass is 319 g/mol. The third-order valence-corrected chi connectivity index (χ3v) is 3.47. The third-order valence-electron chi connectivity index (χ3n) is 2.86. The van der Waals surface area contributed by atoms with Crippen LogP contribution in [-0.4, -0.2) is 32.0 Å². The first-order valence-corrected chi connectivity index (χ1v) is 6.21. The van der Waals surface area contributed by atoms with Gasteiger partial charge >= 0.3 is 18.0 Å². The molecule has 0 aromatic carbocycles. The van der Waals surface area contributed by atoms with Crippen molar-refractivity contribution in [3.63, 3.8) is 0 Å². The summed E-state index contributed by atoms with van der Waals surface area (Å²) in [6, 6.07) is 0. The molecule has 0 unspecified atom stereocenters. The summed E-state index contributed by atoms with van der Waals surface area (Å²) in [5.41, 5.74) is -3.21. The largest absolute Gasteiger partial charge is 0.459 e. The molecule has 3 nitrogen and oxygen atoms in total. The lowest BCUT2D eigenvalue weighted by Crippen LogP contribution is -2.68. The predicted octanol–water partition coefficient (Wildman–Crippen LogP) is 2.49. The number of alkyl halides is 7. The molecule has 116 valence electrons. The molecule has 0 spiro atoms. The molecule has 19 heavy (non-hydrogen) atoms. The number of thiol groups is 1. The van der Waals surface area contributed by atoms with Crippen LogP contribution in [-0.2, 0) is 10.9 Å². The lowest BCUT2D eigenvalue weighted by molar-refractivity contribution is -0.370. The summed E-state index contributed by atoms with van der Waals surface area (Å²) in [7, 11) is -3.78. The lowest BCUT2D eigenvalue weighted by Gasteiger charge is -2.42. The standard InChI is InChI=1S/C8H12F7NO2S/c1-3-5(4-2,16-19(17)18)6(9,10)7(11,12)8(13,14)15/h19H,3-4H2,1-2H3,(H,16,17,18). The fraction of sp³-hybridized carbons (Fsp3) is 1.00. The van der Waals surface area contributed by atoms with Crippen LogP contribution in [0.2, 0.25) is 0 Å². The molecule has 0 rings (SSSR count). The summed E-state index contributed by atoms with van der Waals surface area (Å²) >= 11 is 0. The van der Waals surface area contributed by atoms with Gasteiger partial charge in [-0.05, 0) is 12.8 Å². The van der Waals surface area contributed by atoms with E-state index in [4.69, 9.17) is 0 Å². The van der Waals surface area contributed by atoms with Crippen molar-refractivity contribution in [3.8, 4) is 0 Å². The van der Waals surface area contributed by atoms with Gasteiger partial charge in [0.15, 0.2) is 0 Å². The molecule has 0 aromatic rings. The van der Waals surface area contributed by atoms with E-state index >= 15 is 0 Å². The van der Waals surface area contributed by atoms with Gasteiger partial charge in [0.2, 0.25) is 10.9 Å². The minimum atomic E-state index is -6.50. The minimum absolute atomic E-state index is 0.885. The van der Waals surface area contributed by atoms with Gasteiger partial charge in [0.05, 0.1) is 0 Å². The van der Waals surface area contributed by atoms with Crippen LogP contribution >= 0.6 is 0 Å². The molecule has 1 N–H and O–H groups in total. The van der Waals surface area contributed by atoms with E-state index in [-0.39, 0.29) is 0 Å². The normalized spacial score (nSPS) is 15.1. The van der Waals surface area contributed by atoms with Crippen LogP contribution < -0.4 is 4.72 Å². The average Bonchev–Trinajstić information content (AvgIpc) is 2.23. The first-order valence-electron chi connectivity index (χ1n) is 5.03. The summed E-state index contributed by atoms with van der Waals surface area (Å²) in [5, 5.41) is 0. The molecule has 0 aliphatic heterocycles. The topological polar surface area (TPSA) is 46.2 Å². The molecular formula is C8H12F7NO2S. The molecule has 0 fully saturated rings. The van der Waals surface area contributed by atoms with Crippen molar-refractivity contribution in [3.05, 3.63) is 0 Å².